The average Bonchev–Trinajstić information content (AvgIpc) is 2.35. The molecule has 0 aliphatic rings. The van der Waals surface area contributed by atoms with Crippen LogP contribution in [0.5, 0.6) is 0 Å². The molecule has 0 aromatic rings. The van der Waals surface area contributed by atoms with E-state index in [1.807, 2.05) is 0 Å². The molecule has 0 saturated carbocycles. The highest BCUT2D eigenvalue weighted by Gasteiger charge is 2.42. The highest BCUT2D eigenvalue weighted by Crippen LogP contribution is 2.26. The molecule has 0 rings (SSSR count). The van der Waals surface area contributed by atoms with Crippen molar-refractivity contribution in [3.05, 3.63) is 6.92 Å². The lowest BCUT2D eigenvalue weighted by Crippen LogP contribution is -2.55. The maximum atomic E-state index is 6.65. The molecule has 0 heterocycles. The van der Waals surface area contributed by atoms with Gasteiger partial charge >= 0.3 is 17.1 Å². The molecule has 26 heavy (non-hydrogen) atoms. The Morgan fingerprint density at radius 3 is 1.42 bits per heavy atom. The SMILES string of the molecule is [CH2]CCCCCCCCC[Si](C)(C)O[Si](C)(C)O[Si](C)(C)O[Si](C)(C)C. The Bertz CT molecular complexity index is 379. The van der Waals surface area contributed by atoms with Gasteiger partial charge in [0, 0.05) is 0 Å². The predicted molar refractivity (Wildman–Crippen MR) is 126 cm³/mol. The molecule has 0 saturated heterocycles. The highest BCUT2D eigenvalue weighted by molar-refractivity contribution is 6.89. The van der Waals surface area contributed by atoms with Crippen LogP contribution in [-0.4, -0.2) is 33.8 Å². The highest BCUT2D eigenvalue weighted by atomic mass is 28.5. The quantitative estimate of drug-likeness (QED) is 0.197. The molecule has 0 bridgehead atoms. The van der Waals surface area contributed by atoms with Crippen LogP contribution >= 0.6 is 0 Å². The van der Waals surface area contributed by atoms with E-state index in [2.05, 4.69) is 65.8 Å². The van der Waals surface area contributed by atoms with Gasteiger partial charge < -0.3 is 12.3 Å². The molecule has 0 unspecified atom stereocenters. The van der Waals surface area contributed by atoms with Crippen LogP contribution in [0.25, 0.3) is 0 Å². The van der Waals surface area contributed by atoms with E-state index in [0.29, 0.717) is 0 Å². The lowest BCUT2D eigenvalue weighted by atomic mass is 10.1. The third kappa shape index (κ3) is 15.8. The van der Waals surface area contributed by atoms with Crippen molar-refractivity contribution in [1.82, 2.24) is 0 Å². The molecule has 7 heteroatoms. The minimum absolute atomic E-state index is 1.08. The van der Waals surface area contributed by atoms with E-state index in [1.165, 1.54) is 51.0 Å². The van der Waals surface area contributed by atoms with Gasteiger partial charge in [-0.15, -0.1) is 0 Å². The first-order valence-corrected chi connectivity index (χ1v) is 22.7. The smallest absolute Gasteiger partial charge is 0.312 e. The van der Waals surface area contributed by atoms with Crippen LogP contribution in [0.15, 0.2) is 0 Å². The van der Waals surface area contributed by atoms with E-state index in [4.69, 9.17) is 12.3 Å². The molecule has 0 aliphatic heterocycles. The van der Waals surface area contributed by atoms with Crippen molar-refractivity contribution in [3.8, 4) is 0 Å². The van der Waals surface area contributed by atoms with Gasteiger partial charge in [-0.3, -0.25) is 0 Å². The second-order valence-electron chi connectivity index (χ2n) is 10.1. The van der Waals surface area contributed by atoms with Crippen LogP contribution in [-0.2, 0) is 12.3 Å². The Labute approximate surface area is 169 Å². The zero-order valence-corrected chi connectivity index (χ0v) is 23.3. The fraction of sp³-hybridized carbons (Fsp3) is 0.947. The fourth-order valence-corrected chi connectivity index (χ4v) is 22.2. The largest absolute Gasteiger partial charge is 0.437 e. The number of hydrogen-bond donors (Lipinski definition) is 0. The summed E-state index contributed by atoms with van der Waals surface area (Å²) in [6, 6.07) is 1.24. The van der Waals surface area contributed by atoms with Crippen molar-refractivity contribution >= 4 is 33.8 Å². The number of unbranched alkanes of at least 4 members (excludes halogenated alkanes) is 7. The normalized spacial score (nSPS) is 14.1. The maximum Gasteiger partial charge on any atom is 0.312 e. The average molecular weight is 436 g/mol. The van der Waals surface area contributed by atoms with Crippen molar-refractivity contribution in [1.29, 1.82) is 0 Å². The van der Waals surface area contributed by atoms with E-state index in [0.717, 1.165) is 6.42 Å². The standard InChI is InChI=1S/C19H47O3Si4/c1-11-12-13-14-15-16-17-18-19-24(5,6)21-26(9,10)22-25(7,8)20-23(2,3)4/h1,11-19H2,2-10H3. The van der Waals surface area contributed by atoms with Crippen LogP contribution < -0.4 is 0 Å². The molecule has 0 fully saturated rings. The van der Waals surface area contributed by atoms with Crippen molar-refractivity contribution in [2.75, 3.05) is 0 Å². The zero-order valence-electron chi connectivity index (χ0n) is 19.3. The van der Waals surface area contributed by atoms with Crippen LogP contribution in [0.2, 0.25) is 65.0 Å². The summed E-state index contributed by atoms with van der Waals surface area (Å²) >= 11 is 0. The number of rotatable bonds is 15. The Balaban J connectivity index is 4.24. The van der Waals surface area contributed by atoms with Gasteiger partial charge in [-0.25, -0.2) is 0 Å². The van der Waals surface area contributed by atoms with Crippen molar-refractivity contribution in [3.63, 3.8) is 0 Å². The molecular weight excluding hydrogens is 389 g/mol. The summed E-state index contributed by atoms with van der Waals surface area (Å²) in [6.45, 7) is 24.1. The molecule has 3 nitrogen and oxygen atoms in total. The van der Waals surface area contributed by atoms with Crippen LogP contribution in [0.4, 0.5) is 0 Å². The Morgan fingerprint density at radius 2 is 0.962 bits per heavy atom. The van der Waals surface area contributed by atoms with Crippen LogP contribution in [0.3, 0.4) is 0 Å². The Kier molecular flexibility index (Phi) is 12.0. The summed E-state index contributed by atoms with van der Waals surface area (Å²) in [7, 11) is -7.52. The lowest BCUT2D eigenvalue weighted by Gasteiger charge is -2.40. The Hall–Kier alpha value is 0.748. The zero-order chi connectivity index (χ0) is 20.5. The predicted octanol–water partition coefficient (Wildman–Crippen LogP) is 7.43. The maximum absolute atomic E-state index is 6.65. The van der Waals surface area contributed by atoms with Gasteiger partial charge in [-0.05, 0) is 65.0 Å². The van der Waals surface area contributed by atoms with Crippen molar-refractivity contribution in [2.24, 2.45) is 0 Å². The monoisotopic (exact) mass is 435 g/mol. The summed E-state index contributed by atoms with van der Waals surface area (Å²) in [5.74, 6) is 0. The summed E-state index contributed by atoms with van der Waals surface area (Å²) in [6.07, 6.45) is 10.5. The van der Waals surface area contributed by atoms with Gasteiger partial charge in [0.05, 0.1) is 0 Å². The fourth-order valence-electron chi connectivity index (χ4n) is 3.70. The second-order valence-corrected chi connectivity index (χ2v) is 26.3. The third-order valence-electron chi connectivity index (χ3n) is 4.09. The molecule has 0 amide bonds. The van der Waals surface area contributed by atoms with Crippen LogP contribution in [0.1, 0.15) is 51.4 Å². The topological polar surface area (TPSA) is 27.7 Å². The molecule has 0 spiro atoms. The minimum atomic E-state index is -2.15. The van der Waals surface area contributed by atoms with E-state index >= 15 is 0 Å². The first-order chi connectivity index (χ1) is 11.7. The van der Waals surface area contributed by atoms with Gasteiger partial charge in [-0.1, -0.05) is 58.3 Å². The second kappa shape index (κ2) is 11.7. The molecular formula is C19H47O3Si4. The van der Waals surface area contributed by atoms with E-state index in [-0.39, 0.29) is 0 Å². The molecule has 1 radical (unpaired) electrons. The third-order valence-corrected chi connectivity index (χ3v) is 18.2. The van der Waals surface area contributed by atoms with E-state index < -0.39 is 33.8 Å². The molecule has 0 atom stereocenters. The summed E-state index contributed by atoms with van der Waals surface area (Å²) in [5.41, 5.74) is 0. The first kappa shape index (κ1) is 26.7. The van der Waals surface area contributed by atoms with E-state index in [9.17, 15) is 0 Å². The van der Waals surface area contributed by atoms with Gasteiger partial charge in [-0.2, -0.15) is 0 Å². The van der Waals surface area contributed by atoms with Gasteiger partial charge in [0.1, 0.15) is 0 Å². The molecule has 0 N–H and O–H groups in total. The summed E-state index contributed by atoms with van der Waals surface area (Å²) in [5, 5.41) is 0. The van der Waals surface area contributed by atoms with Crippen molar-refractivity contribution in [2.45, 2.75) is 116 Å². The molecule has 0 aromatic carbocycles. The molecule has 0 aromatic heterocycles. The number of hydrogen-bond acceptors (Lipinski definition) is 3. The summed E-state index contributed by atoms with van der Waals surface area (Å²) in [4.78, 5) is 0. The lowest BCUT2D eigenvalue weighted by molar-refractivity contribution is 0.329. The molecule has 0 aliphatic carbocycles. The van der Waals surface area contributed by atoms with Crippen molar-refractivity contribution < 1.29 is 12.3 Å². The van der Waals surface area contributed by atoms with E-state index in [1.54, 1.807) is 0 Å². The summed E-state index contributed by atoms with van der Waals surface area (Å²) < 4.78 is 19.5. The van der Waals surface area contributed by atoms with Gasteiger partial charge in [0.15, 0.2) is 16.6 Å². The van der Waals surface area contributed by atoms with Crippen LogP contribution in [0, 0.1) is 6.92 Å². The first-order valence-electron chi connectivity index (χ1n) is 10.6. The van der Waals surface area contributed by atoms with Gasteiger partial charge in [0.25, 0.3) is 0 Å². The Morgan fingerprint density at radius 1 is 0.538 bits per heavy atom. The molecule has 157 valence electrons. The van der Waals surface area contributed by atoms with Gasteiger partial charge in [0.2, 0.25) is 0 Å². The minimum Gasteiger partial charge on any atom is -0.437 e.